The quantitative estimate of drug-likeness (QED) is 0.383. The van der Waals surface area contributed by atoms with Crippen LogP contribution in [0.2, 0.25) is 0 Å². The first-order chi connectivity index (χ1) is 13.9. The van der Waals surface area contributed by atoms with E-state index in [1.54, 1.807) is 49.4 Å². The molecule has 0 radical (unpaired) electrons. The minimum absolute atomic E-state index is 0.0393. The molecule has 0 aliphatic heterocycles. The number of nitro groups is 1. The van der Waals surface area contributed by atoms with Crippen LogP contribution in [0, 0.1) is 24.0 Å². The number of hydrazone groups is 1. The first kappa shape index (κ1) is 19.8. The number of benzene rings is 2. The van der Waals surface area contributed by atoms with Crippen molar-refractivity contribution >= 4 is 17.8 Å². The molecule has 3 aromatic rings. The number of amides is 1. The lowest BCUT2D eigenvalue weighted by Crippen LogP contribution is -2.18. The smallest absolute Gasteiger partial charge is 0.280 e. The Morgan fingerprint density at radius 1 is 1.14 bits per heavy atom. The predicted molar refractivity (Wildman–Crippen MR) is 108 cm³/mol. The van der Waals surface area contributed by atoms with Gasteiger partial charge in [-0.3, -0.25) is 14.9 Å². The lowest BCUT2D eigenvalue weighted by atomic mass is 10.1. The summed E-state index contributed by atoms with van der Waals surface area (Å²) >= 11 is 0. The van der Waals surface area contributed by atoms with Crippen molar-refractivity contribution in [3.8, 4) is 17.1 Å². The topological polar surface area (TPSA) is 107 Å². The monoisotopic (exact) mass is 393 g/mol. The summed E-state index contributed by atoms with van der Waals surface area (Å²) < 4.78 is 10.8. The van der Waals surface area contributed by atoms with Gasteiger partial charge in [-0.2, -0.15) is 5.10 Å². The molecular formula is C21H19N3O5. The first-order valence-corrected chi connectivity index (χ1v) is 8.72. The van der Waals surface area contributed by atoms with Crippen LogP contribution in [-0.4, -0.2) is 24.2 Å². The second-order valence-electron chi connectivity index (χ2n) is 6.38. The normalized spacial score (nSPS) is 10.9. The molecule has 1 N–H and O–H groups in total. The van der Waals surface area contributed by atoms with E-state index in [2.05, 4.69) is 10.5 Å². The molecule has 148 valence electrons. The Balaban J connectivity index is 1.75. The van der Waals surface area contributed by atoms with E-state index in [4.69, 9.17) is 9.15 Å². The average Bonchev–Trinajstić information content (AvgIpc) is 3.16. The Morgan fingerprint density at radius 2 is 1.86 bits per heavy atom. The van der Waals surface area contributed by atoms with Crippen molar-refractivity contribution in [2.75, 3.05) is 7.11 Å². The van der Waals surface area contributed by atoms with Crippen LogP contribution in [0.15, 0.2) is 58.0 Å². The number of aryl methyl sites for hydroxylation is 2. The van der Waals surface area contributed by atoms with Gasteiger partial charge in [-0.1, -0.05) is 12.1 Å². The second-order valence-corrected chi connectivity index (χ2v) is 6.38. The van der Waals surface area contributed by atoms with Gasteiger partial charge in [0.25, 0.3) is 11.6 Å². The van der Waals surface area contributed by atoms with E-state index in [1.165, 1.54) is 19.4 Å². The summed E-state index contributed by atoms with van der Waals surface area (Å²) in [7, 11) is 1.49. The van der Waals surface area contributed by atoms with E-state index in [1.807, 2.05) is 6.92 Å². The van der Waals surface area contributed by atoms with Gasteiger partial charge in [-0.15, -0.1) is 0 Å². The average molecular weight is 393 g/mol. The molecule has 3 rings (SSSR count). The van der Waals surface area contributed by atoms with Crippen LogP contribution >= 0.6 is 0 Å². The molecule has 1 heterocycles. The highest BCUT2D eigenvalue weighted by molar-refractivity contribution is 5.97. The molecule has 0 aliphatic carbocycles. The standard InChI is InChI=1S/C21H19N3O5/c1-13-4-7-16(18(10-13)24(26)27)19-9-6-15(29-19)12-22-23-21(25)17-8-5-14(2)11-20(17)28-3/h4-12H,1-3H3,(H,23,25)/b22-12-. The van der Waals surface area contributed by atoms with Crippen LogP contribution in [0.1, 0.15) is 27.2 Å². The highest BCUT2D eigenvalue weighted by atomic mass is 16.6. The summed E-state index contributed by atoms with van der Waals surface area (Å²) in [5.41, 5.74) is 4.84. The number of hydrogen-bond donors (Lipinski definition) is 1. The fraction of sp³-hybridized carbons (Fsp3) is 0.143. The maximum absolute atomic E-state index is 12.3. The van der Waals surface area contributed by atoms with Crippen molar-refractivity contribution in [2.45, 2.75) is 13.8 Å². The molecule has 1 amide bonds. The van der Waals surface area contributed by atoms with Crippen molar-refractivity contribution in [1.82, 2.24) is 5.43 Å². The fourth-order valence-corrected chi connectivity index (χ4v) is 2.77. The van der Waals surface area contributed by atoms with Crippen molar-refractivity contribution in [1.29, 1.82) is 0 Å². The summed E-state index contributed by atoms with van der Waals surface area (Å²) in [6.07, 6.45) is 1.32. The Hall–Kier alpha value is -3.94. The van der Waals surface area contributed by atoms with Gasteiger partial charge in [0.05, 0.1) is 29.4 Å². The zero-order valence-corrected chi connectivity index (χ0v) is 16.1. The van der Waals surface area contributed by atoms with Crippen LogP contribution in [0.4, 0.5) is 5.69 Å². The van der Waals surface area contributed by atoms with Gasteiger partial charge in [0.2, 0.25) is 0 Å². The lowest BCUT2D eigenvalue weighted by molar-refractivity contribution is -0.384. The maximum atomic E-state index is 12.3. The summed E-state index contributed by atoms with van der Waals surface area (Å²) in [5, 5.41) is 15.2. The highest BCUT2D eigenvalue weighted by Crippen LogP contribution is 2.31. The molecule has 29 heavy (non-hydrogen) atoms. The lowest BCUT2D eigenvalue weighted by Gasteiger charge is -2.07. The van der Waals surface area contributed by atoms with Gasteiger partial charge < -0.3 is 9.15 Å². The minimum atomic E-state index is -0.451. The Bertz CT molecular complexity index is 1100. The molecule has 0 saturated carbocycles. The van der Waals surface area contributed by atoms with Gasteiger partial charge in [-0.25, -0.2) is 5.43 Å². The van der Waals surface area contributed by atoms with Gasteiger partial charge in [0.1, 0.15) is 17.3 Å². The van der Waals surface area contributed by atoms with Crippen LogP contribution in [-0.2, 0) is 0 Å². The third kappa shape index (κ3) is 4.49. The molecule has 2 aromatic carbocycles. The molecule has 0 unspecified atom stereocenters. The predicted octanol–water partition coefficient (Wildman–Crippen LogP) is 4.24. The number of nitrogens with one attached hydrogen (secondary N) is 1. The number of nitro benzene ring substituents is 1. The third-order valence-corrected chi connectivity index (χ3v) is 4.20. The van der Waals surface area contributed by atoms with E-state index >= 15 is 0 Å². The molecule has 0 aliphatic rings. The highest BCUT2D eigenvalue weighted by Gasteiger charge is 2.18. The van der Waals surface area contributed by atoms with Crippen LogP contribution < -0.4 is 10.2 Å². The van der Waals surface area contributed by atoms with Gasteiger partial charge in [0.15, 0.2) is 0 Å². The van der Waals surface area contributed by atoms with Crippen LogP contribution in [0.25, 0.3) is 11.3 Å². The van der Waals surface area contributed by atoms with Gasteiger partial charge >= 0.3 is 0 Å². The van der Waals surface area contributed by atoms with Gasteiger partial charge in [-0.05, 0) is 55.3 Å². The molecule has 1 aromatic heterocycles. The molecular weight excluding hydrogens is 374 g/mol. The maximum Gasteiger partial charge on any atom is 0.280 e. The van der Waals surface area contributed by atoms with E-state index in [0.29, 0.717) is 28.4 Å². The number of carbonyl (C=O) groups is 1. The summed E-state index contributed by atoms with van der Waals surface area (Å²) in [6, 6.07) is 13.3. The van der Waals surface area contributed by atoms with Crippen molar-refractivity contribution in [2.24, 2.45) is 5.10 Å². The fourth-order valence-electron chi connectivity index (χ4n) is 2.77. The van der Waals surface area contributed by atoms with Crippen LogP contribution in [0.3, 0.4) is 0 Å². The Morgan fingerprint density at radius 3 is 2.59 bits per heavy atom. The van der Waals surface area contributed by atoms with Crippen molar-refractivity contribution < 1.29 is 18.9 Å². The van der Waals surface area contributed by atoms with Crippen molar-refractivity contribution in [3.63, 3.8) is 0 Å². The number of methoxy groups -OCH3 is 1. The number of hydrogen-bond acceptors (Lipinski definition) is 6. The number of rotatable bonds is 6. The minimum Gasteiger partial charge on any atom is -0.496 e. The molecule has 0 saturated heterocycles. The summed E-state index contributed by atoms with van der Waals surface area (Å²) in [6.45, 7) is 3.68. The zero-order chi connectivity index (χ0) is 21.0. The summed E-state index contributed by atoms with van der Waals surface area (Å²) in [4.78, 5) is 23.1. The van der Waals surface area contributed by atoms with Crippen molar-refractivity contribution in [3.05, 3.63) is 81.1 Å². The Kier molecular flexibility index (Phi) is 5.73. The molecule has 0 bridgehead atoms. The SMILES string of the molecule is COc1cc(C)ccc1C(=O)N/N=C\c1ccc(-c2ccc(C)cc2[N+](=O)[O-])o1. The molecule has 8 nitrogen and oxygen atoms in total. The van der Waals surface area contributed by atoms with Gasteiger partial charge in [0, 0.05) is 6.07 Å². The van der Waals surface area contributed by atoms with E-state index in [9.17, 15) is 14.9 Å². The first-order valence-electron chi connectivity index (χ1n) is 8.72. The van der Waals surface area contributed by atoms with E-state index in [-0.39, 0.29) is 5.69 Å². The number of ether oxygens (including phenoxy) is 1. The van der Waals surface area contributed by atoms with E-state index in [0.717, 1.165) is 11.1 Å². The Labute approximate surface area is 167 Å². The molecule has 0 fully saturated rings. The molecule has 0 atom stereocenters. The largest absolute Gasteiger partial charge is 0.496 e. The third-order valence-electron chi connectivity index (χ3n) is 4.20. The summed E-state index contributed by atoms with van der Waals surface area (Å²) in [5.74, 6) is 0.694. The molecule has 8 heteroatoms. The van der Waals surface area contributed by atoms with E-state index < -0.39 is 10.8 Å². The number of furan rings is 1. The van der Waals surface area contributed by atoms with Crippen LogP contribution in [0.5, 0.6) is 5.75 Å². The second kappa shape index (κ2) is 8.39. The zero-order valence-electron chi connectivity index (χ0n) is 16.1. The molecule has 0 spiro atoms. The number of carbonyl (C=O) groups excluding carboxylic acids is 1. The number of nitrogens with zero attached hydrogens (tertiary/aromatic N) is 2.